The summed E-state index contributed by atoms with van der Waals surface area (Å²) in [6, 6.07) is 5.73. The third-order valence-electron chi connectivity index (χ3n) is 4.22. The topological polar surface area (TPSA) is 50.2 Å². The molecule has 1 heterocycles. The van der Waals surface area contributed by atoms with Crippen LogP contribution >= 0.6 is 0 Å². The van der Waals surface area contributed by atoms with Gasteiger partial charge in [-0.25, -0.2) is 0 Å². The van der Waals surface area contributed by atoms with E-state index in [1.165, 1.54) is 6.42 Å². The highest BCUT2D eigenvalue weighted by Gasteiger charge is 2.42. The van der Waals surface area contributed by atoms with Gasteiger partial charge in [0.05, 0.1) is 5.41 Å². The molecule has 2 unspecified atom stereocenters. The molecule has 0 bridgehead atoms. The number of rotatable bonds is 4. The summed E-state index contributed by atoms with van der Waals surface area (Å²) in [5.74, 6) is -0.0927. The molecule has 0 radical (unpaired) electrons. The van der Waals surface area contributed by atoms with Crippen LogP contribution < -0.4 is 0 Å². The third-order valence-corrected chi connectivity index (χ3v) is 4.22. The van der Waals surface area contributed by atoms with Crippen molar-refractivity contribution in [1.29, 1.82) is 0 Å². The second-order valence-electron chi connectivity index (χ2n) is 5.45. The molecule has 1 aromatic rings. The minimum absolute atomic E-state index is 0.554. The SMILES string of the molecule is CCC1CCCC(Cc2ccccn2)(C(=O)O)C1. The number of nitrogens with zero attached hydrogens (tertiary/aromatic N) is 1. The Labute approximate surface area is 108 Å². The van der Waals surface area contributed by atoms with E-state index in [1.54, 1.807) is 6.20 Å². The van der Waals surface area contributed by atoms with E-state index in [4.69, 9.17) is 0 Å². The van der Waals surface area contributed by atoms with E-state index in [2.05, 4.69) is 11.9 Å². The summed E-state index contributed by atoms with van der Waals surface area (Å²) < 4.78 is 0. The van der Waals surface area contributed by atoms with E-state index in [9.17, 15) is 9.90 Å². The number of pyridine rings is 1. The molecule has 1 N–H and O–H groups in total. The Kier molecular flexibility index (Phi) is 4.00. The van der Waals surface area contributed by atoms with Crippen LogP contribution in [-0.2, 0) is 11.2 Å². The van der Waals surface area contributed by atoms with Crippen LogP contribution in [0.4, 0.5) is 0 Å². The minimum atomic E-state index is -0.647. The Balaban J connectivity index is 2.19. The predicted molar refractivity (Wildman–Crippen MR) is 70.3 cm³/mol. The molecule has 0 spiro atoms. The molecule has 2 atom stereocenters. The maximum Gasteiger partial charge on any atom is 0.310 e. The van der Waals surface area contributed by atoms with E-state index in [-0.39, 0.29) is 0 Å². The fourth-order valence-electron chi connectivity index (χ4n) is 3.11. The first-order valence-corrected chi connectivity index (χ1v) is 6.79. The van der Waals surface area contributed by atoms with Gasteiger partial charge in [0.15, 0.2) is 0 Å². The lowest BCUT2D eigenvalue weighted by Gasteiger charge is -2.37. The molecule has 1 aromatic heterocycles. The van der Waals surface area contributed by atoms with Crippen LogP contribution in [0.15, 0.2) is 24.4 Å². The maximum absolute atomic E-state index is 11.7. The summed E-state index contributed by atoms with van der Waals surface area (Å²) in [7, 11) is 0. The second-order valence-corrected chi connectivity index (χ2v) is 5.45. The van der Waals surface area contributed by atoms with Gasteiger partial charge in [-0.1, -0.05) is 32.3 Å². The average molecular weight is 247 g/mol. The van der Waals surface area contributed by atoms with Crippen molar-refractivity contribution < 1.29 is 9.90 Å². The van der Waals surface area contributed by atoms with Crippen LogP contribution in [0, 0.1) is 11.3 Å². The molecule has 0 saturated heterocycles. The lowest BCUT2D eigenvalue weighted by atomic mass is 9.66. The van der Waals surface area contributed by atoms with Crippen LogP contribution in [0.25, 0.3) is 0 Å². The van der Waals surface area contributed by atoms with Crippen molar-refractivity contribution in [2.45, 2.75) is 45.4 Å². The molecule has 1 aliphatic carbocycles. The standard InChI is InChI=1S/C15H21NO2/c1-2-12-6-5-8-15(10-12,14(17)18)11-13-7-3-4-9-16-13/h3-4,7,9,12H,2,5-6,8,10-11H2,1H3,(H,17,18). The smallest absolute Gasteiger partial charge is 0.310 e. The van der Waals surface area contributed by atoms with Gasteiger partial charge >= 0.3 is 5.97 Å². The zero-order chi connectivity index (χ0) is 13.0. The molecule has 3 heteroatoms. The van der Waals surface area contributed by atoms with E-state index < -0.39 is 11.4 Å². The molecule has 3 nitrogen and oxygen atoms in total. The van der Waals surface area contributed by atoms with Crippen LogP contribution in [-0.4, -0.2) is 16.1 Å². The molecule has 1 aliphatic rings. The molecular weight excluding hydrogens is 226 g/mol. The molecule has 0 aliphatic heterocycles. The van der Waals surface area contributed by atoms with E-state index in [0.717, 1.165) is 31.4 Å². The Morgan fingerprint density at radius 2 is 2.39 bits per heavy atom. The van der Waals surface area contributed by atoms with Crippen LogP contribution in [0.5, 0.6) is 0 Å². The van der Waals surface area contributed by atoms with Gasteiger partial charge in [0, 0.05) is 18.3 Å². The van der Waals surface area contributed by atoms with Crippen LogP contribution in [0.2, 0.25) is 0 Å². The average Bonchev–Trinajstić information content (AvgIpc) is 2.40. The Hall–Kier alpha value is -1.38. The van der Waals surface area contributed by atoms with Crippen molar-refractivity contribution in [3.8, 4) is 0 Å². The summed E-state index contributed by atoms with van der Waals surface area (Å²) >= 11 is 0. The molecule has 2 rings (SSSR count). The number of carbonyl (C=O) groups is 1. The number of hydrogen-bond donors (Lipinski definition) is 1. The molecular formula is C15H21NO2. The predicted octanol–water partition coefficient (Wildman–Crippen LogP) is 3.30. The van der Waals surface area contributed by atoms with Gasteiger partial charge < -0.3 is 5.11 Å². The summed E-state index contributed by atoms with van der Waals surface area (Å²) in [6.07, 6.45) is 7.18. The van der Waals surface area contributed by atoms with Gasteiger partial charge in [-0.05, 0) is 30.9 Å². The highest BCUT2D eigenvalue weighted by molar-refractivity contribution is 5.75. The fraction of sp³-hybridized carbons (Fsp3) is 0.600. The van der Waals surface area contributed by atoms with Crippen molar-refractivity contribution in [3.63, 3.8) is 0 Å². The summed E-state index contributed by atoms with van der Waals surface area (Å²) in [5, 5.41) is 9.64. The molecule has 0 aromatic carbocycles. The fourth-order valence-corrected chi connectivity index (χ4v) is 3.11. The molecule has 1 fully saturated rings. The second kappa shape index (κ2) is 5.51. The van der Waals surface area contributed by atoms with Crippen molar-refractivity contribution >= 4 is 5.97 Å². The lowest BCUT2D eigenvalue weighted by molar-refractivity contribution is -0.152. The minimum Gasteiger partial charge on any atom is -0.481 e. The molecule has 98 valence electrons. The first kappa shape index (κ1) is 13.1. The Morgan fingerprint density at radius 1 is 1.56 bits per heavy atom. The van der Waals surface area contributed by atoms with Gasteiger partial charge in [0.25, 0.3) is 0 Å². The van der Waals surface area contributed by atoms with E-state index in [1.807, 2.05) is 18.2 Å². The van der Waals surface area contributed by atoms with Crippen LogP contribution in [0.3, 0.4) is 0 Å². The Bertz CT molecular complexity index is 404. The Morgan fingerprint density at radius 3 is 3.00 bits per heavy atom. The van der Waals surface area contributed by atoms with Crippen molar-refractivity contribution in [1.82, 2.24) is 4.98 Å². The zero-order valence-electron chi connectivity index (χ0n) is 10.9. The highest BCUT2D eigenvalue weighted by atomic mass is 16.4. The maximum atomic E-state index is 11.7. The lowest BCUT2D eigenvalue weighted by Crippen LogP contribution is -2.38. The summed E-state index contributed by atoms with van der Waals surface area (Å²) in [6.45, 7) is 2.16. The third kappa shape index (κ3) is 2.71. The van der Waals surface area contributed by atoms with Gasteiger partial charge in [0.2, 0.25) is 0 Å². The summed E-state index contributed by atoms with van der Waals surface area (Å²) in [4.78, 5) is 16.0. The molecule has 18 heavy (non-hydrogen) atoms. The van der Waals surface area contributed by atoms with Crippen LogP contribution in [0.1, 0.15) is 44.7 Å². The van der Waals surface area contributed by atoms with Crippen molar-refractivity contribution in [2.24, 2.45) is 11.3 Å². The number of aromatic nitrogens is 1. The quantitative estimate of drug-likeness (QED) is 0.888. The van der Waals surface area contributed by atoms with Crippen molar-refractivity contribution in [3.05, 3.63) is 30.1 Å². The first-order chi connectivity index (χ1) is 8.66. The normalized spacial score (nSPS) is 27.9. The number of hydrogen-bond acceptors (Lipinski definition) is 2. The van der Waals surface area contributed by atoms with Gasteiger partial charge in [-0.3, -0.25) is 9.78 Å². The number of carboxylic acid groups (broad SMARTS) is 1. The van der Waals surface area contributed by atoms with Gasteiger partial charge in [0.1, 0.15) is 0 Å². The van der Waals surface area contributed by atoms with Gasteiger partial charge in [-0.15, -0.1) is 0 Å². The monoisotopic (exact) mass is 247 g/mol. The number of carboxylic acids is 1. The van der Waals surface area contributed by atoms with E-state index in [0.29, 0.717) is 12.3 Å². The van der Waals surface area contributed by atoms with E-state index >= 15 is 0 Å². The zero-order valence-corrected chi connectivity index (χ0v) is 10.9. The van der Waals surface area contributed by atoms with Crippen molar-refractivity contribution in [2.75, 3.05) is 0 Å². The first-order valence-electron chi connectivity index (χ1n) is 6.79. The number of aliphatic carboxylic acids is 1. The largest absolute Gasteiger partial charge is 0.481 e. The summed E-state index contributed by atoms with van der Waals surface area (Å²) in [5.41, 5.74) is 0.310. The molecule has 0 amide bonds. The molecule has 1 saturated carbocycles. The van der Waals surface area contributed by atoms with Gasteiger partial charge in [-0.2, -0.15) is 0 Å². The highest BCUT2D eigenvalue weighted by Crippen LogP contribution is 2.43.